The summed E-state index contributed by atoms with van der Waals surface area (Å²) in [5.74, 6) is 2.91. The first kappa shape index (κ1) is 8.86. The number of esters is 1. The summed E-state index contributed by atoms with van der Waals surface area (Å²) in [6.07, 6.45) is -1.49. The Kier molecular flexibility index (Phi) is 3.37. The van der Waals surface area contributed by atoms with E-state index in [4.69, 9.17) is 0 Å². The van der Waals surface area contributed by atoms with Crippen molar-refractivity contribution in [3.05, 3.63) is 0 Å². The maximum Gasteiger partial charge on any atom is 0.305 e. The van der Waals surface area contributed by atoms with Crippen LogP contribution in [0.5, 0.6) is 0 Å². The molecule has 0 aromatic carbocycles. The molecule has 0 fully saturated rings. The minimum Gasteiger partial charge on any atom is -0.424 e. The van der Waals surface area contributed by atoms with E-state index in [1.807, 2.05) is 0 Å². The summed E-state index contributed by atoms with van der Waals surface area (Å²) in [7, 11) is 0. The second-order valence-electron chi connectivity index (χ2n) is 1.48. The Morgan fingerprint density at radius 2 is 2.00 bits per heavy atom. The van der Waals surface area contributed by atoms with E-state index in [9.17, 15) is 9.59 Å². The zero-order valence-corrected chi connectivity index (χ0v) is 5.37. The smallest absolute Gasteiger partial charge is 0.305 e. The van der Waals surface area contributed by atoms with Gasteiger partial charge in [0.05, 0.1) is 0 Å². The van der Waals surface area contributed by atoms with E-state index in [0.29, 0.717) is 0 Å². The Morgan fingerprint density at radius 3 is 2.10 bits per heavy atom. The van der Waals surface area contributed by atoms with Crippen LogP contribution >= 0.6 is 0 Å². The molecule has 0 aliphatic rings. The number of carbonyl (C=O) groups is 2. The maximum absolute atomic E-state index is 10.2. The van der Waals surface area contributed by atoms with Crippen molar-refractivity contribution in [1.82, 2.24) is 0 Å². The first-order chi connectivity index (χ1) is 4.57. The molecular formula is C4H8N2O4. The summed E-state index contributed by atoms with van der Waals surface area (Å²) in [6.45, 7) is 1.11. The van der Waals surface area contributed by atoms with Gasteiger partial charge in [0.1, 0.15) is 0 Å². The molecule has 6 nitrogen and oxygen atoms in total. The van der Waals surface area contributed by atoms with Crippen LogP contribution in [0.1, 0.15) is 6.92 Å². The van der Waals surface area contributed by atoms with Crippen LogP contribution < -0.4 is 11.6 Å². The number of hydrogen-bond acceptors (Lipinski definition) is 5. The van der Waals surface area contributed by atoms with Crippen molar-refractivity contribution in [3.63, 3.8) is 0 Å². The largest absolute Gasteiger partial charge is 0.424 e. The molecule has 0 aromatic heterocycles. The van der Waals surface area contributed by atoms with Gasteiger partial charge in [-0.1, -0.05) is 0 Å². The van der Waals surface area contributed by atoms with Crippen LogP contribution in [0.4, 0.5) is 0 Å². The summed E-state index contributed by atoms with van der Waals surface area (Å²) >= 11 is 0. The van der Waals surface area contributed by atoms with Gasteiger partial charge in [0.15, 0.2) is 0 Å². The zero-order valence-electron chi connectivity index (χ0n) is 5.37. The number of amides is 1. The van der Waals surface area contributed by atoms with Crippen molar-refractivity contribution in [1.29, 1.82) is 0 Å². The molecule has 1 unspecified atom stereocenters. The highest BCUT2D eigenvalue weighted by molar-refractivity contribution is 5.80. The molecule has 0 aromatic rings. The molecule has 1 amide bonds. The van der Waals surface area contributed by atoms with Crippen molar-refractivity contribution >= 4 is 11.9 Å². The lowest BCUT2D eigenvalue weighted by atomic mass is 10.6. The average molecular weight is 148 g/mol. The van der Waals surface area contributed by atoms with Crippen molar-refractivity contribution < 1.29 is 19.2 Å². The number of ether oxygens (including phenoxy) is 1. The van der Waals surface area contributed by atoms with E-state index < -0.39 is 18.2 Å². The average Bonchev–Trinajstić information content (AvgIpc) is 1.81. The quantitative estimate of drug-likeness (QED) is 0.280. The van der Waals surface area contributed by atoms with Crippen LogP contribution in [0, 0.1) is 0 Å². The van der Waals surface area contributed by atoms with Crippen molar-refractivity contribution in [3.8, 4) is 0 Å². The topological polar surface area (TPSA) is 105 Å². The van der Waals surface area contributed by atoms with Crippen LogP contribution in [0.3, 0.4) is 0 Å². The molecule has 0 heterocycles. The number of carbonyl (C=O) groups excluding carboxylic acids is 2. The third kappa shape index (κ3) is 3.00. The van der Waals surface area contributed by atoms with Gasteiger partial charge in [0.2, 0.25) is 0 Å². The van der Waals surface area contributed by atoms with Crippen LogP contribution in [0.15, 0.2) is 0 Å². The molecule has 0 saturated carbocycles. The molecule has 1 atom stereocenters. The maximum atomic E-state index is 10.2. The van der Waals surface area contributed by atoms with Gasteiger partial charge in [-0.3, -0.25) is 14.4 Å². The molecular weight excluding hydrogens is 140 g/mol. The van der Waals surface area contributed by atoms with Crippen LogP contribution in [0.2, 0.25) is 0 Å². The van der Waals surface area contributed by atoms with E-state index in [0.717, 1.165) is 6.92 Å². The molecule has 4 N–H and O–H groups in total. The van der Waals surface area contributed by atoms with Gasteiger partial charge in [-0.2, -0.15) is 0 Å². The van der Waals surface area contributed by atoms with E-state index >= 15 is 0 Å². The van der Waals surface area contributed by atoms with Crippen LogP contribution in [0.25, 0.3) is 0 Å². The Hall–Kier alpha value is -1.14. The van der Waals surface area contributed by atoms with E-state index in [-0.39, 0.29) is 0 Å². The minimum atomic E-state index is -1.49. The van der Waals surface area contributed by atoms with E-state index in [1.54, 1.807) is 0 Å². The number of rotatable bonds is 3. The van der Waals surface area contributed by atoms with Gasteiger partial charge in [0, 0.05) is 6.92 Å². The summed E-state index contributed by atoms with van der Waals surface area (Å²) < 4.78 is 4.20. The Balaban J connectivity index is 3.83. The Bertz CT molecular complexity index is 146. The molecule has 0 saturated heterocycles. The molecule has 0 radical (unpaired) electrons. The standard InChI is InChI=1S/C4H8N2O4/c1-2(7)9-4(10-6)3(5)8/h4H,6H2,1H3,(H2,5,8). The van der Waals surface area contributed by atoms with Gasteiger partial charge in [0.25, 0.3) is 12.2 Å². The van der Waals surface area contributed by atoms with Crippen molar-refractivity contribution in [2.24, 2.45) is 11.6 Å². The summed E-state index contributed by atoms with van der Waals surface area (Å²) in [5.41, 5.74) is 4.67. The molecule has 58 valence electrons. The van der Waals surface area contributed by atoms with Crippen LogP contribution in [-0.2, 0) is 19.2 Å². The lowest BCUT2D eigenvalue weighted by Gasteiger charge is -2.08. The molecule has 0 rings (SSSR count). The van der Waals surface area contributed by atoms with Gasteiger partial charge < -0.3 is 10.5 Å². The monoisotopic (exact) mass is 148 g/mol. The predicted octanol–water partition coefficient (Wildman–Crippen LogP) is -1.75. The van der Waals surface area contributed by atoms with Gasteiger partial charge in [-0.15, -0.1) is 0 Å². The predicted molar refractivity (Wildman–Crippen MR) is 30.0 cm³/mol. The lowest BCUT2D eigenvalue weighted by Crippen LogP contribution is -2.36. The lowest BCUT2D eigenvalue weighted by molar-refractivity contribution is -0.183. The van der Waals surface area contributed by atoms with Crippen molar-refractivity contribution in [2.45, 2.75) is 13.2 Å². The molecule has 0 aliphatic heterocycles. The third-order valence-electron chi connectivity index (χ3n) is 0.629. The number of nitrogens with two attached hydrogens (primary N) is 2. The minimum absolute atomic E-state index is 0.686. The third-order valence-corrected chi connectivity index (χ3v) is 0.629. The van der Waals surface area contributed by atoms with Crippen molar-refractivity contribution in [2.75, 3.05) is 0 Å². The normalized spacial score (nSPS) is 12.2. The first-order valence-corrected chi connectivity index (χ1v) is 2.40. The van der Waals surface area contributed by atoms with Crippen LogP contribution in [-0.4, -0.2) is 18.2 Å². The zero-order chi connectivity index (χ0) is 8.15. The highest BCUT2D eigenvalue weighted by Crippen LogP contribution is 1.89. The van der Waals surface area contributed by atoms with E-state index in [2.05, 4.69) is 21.2 Å². The number of hydrogen-bond donors (Lipinski definition) is 2. The van der Waals surface area contributed by atoms with Gasteiger partial charge in [-0.25, -0.2) is 5.90 Å². The van der Waals surface area contributed by atoms with Gasteiger partial charge in [-0.05, 0) is 0 Å². The highest BCUT2D eigenvalue weighted by Gasteiger charge is 2.17. The Labute approximate surface area is 57.0 Å². The molecule has 0 aliphatic carbocycles. The summed E-state index contributed by atoms with van der Waals surface area (Å²) in [6, 6.07) is 0. The van der Waals surface area contributed by atoms with Gasteiger partial charge >= 0.3 is 5.97 Å². The fourth-order valence-corrected chi connectivity index (χ4v) is 0.304. The fourth-order valence-electron chi connectivity index (χ4n) is 0.304. The number of primary amides is 1. The summed E-state index contributed by atoms with van der Waals surface area (Å²) in [5, 5.41) is 0. The second-order valence-corrected chi connectivity index (χ2v) is 1.48. The SMILES string of the molecule is CC(=O)OC(ON)C(N)=O. The molecule has 10 heavy (non-hydrogen) atoms. The summed E-state index contributed by atoms with van der Waals surface area (Å²) in [4.78, 5) is 24.3. The second kappa shape index (κ2) is 3.80. The Morgan fingerprint density at radius 1 is 1.50 bits per heavy atom. The fraction of sp³-hybridized carbons (Fsp3) is 0.500. The van der Waals surface area contributed by atoms with E-state index in [1.165, 1.54) is 0 Å². The molecule has 6 heteroatoms. The first-order valence-electron chi connectivity index (χ1n) is 2.40. The molecule has 0 bridgehead atoms. The molecule has 0 spiro atoms. The highest BCUT2D eigenvalue weighted by atomic mass is 16.8.